The van der Waals surface area contributed by atoms with Gasteiger partial charge in [-0.1, -0.05) is 152 Å². The highest BCUT2D eigenvalue weighted by atomic mass is 32.1. The molecule has 2 aliphatic rings. The lowest BCUT2D eigenvalue weighted by Crippen LogP contribution is -2.32. The number of thiophene rings is 1. The van der Waals surface area contributed by atoms with E-state index in [-0.39, 0.29) is 0 Å². The molecule has 1 aliphatic heterocycles. The first kappa shape index (κ1) is 27.0. The van der Waals surface area contributed by atoms with Gasteiger partial charge in [0.05, 0.1) is 5.41 Å². The van der Waals surface area contributed by atoms with Gasteiger partial charge in [-0.15, -0.1) is 11.3 Å². The van der Waals surface area contributed by atoms with Crippen LogP contribution in [0.5, 0.6) is 11.5 Å². The molecule has 0 radical (unpaired) electrons. The molecule has 1 aliphatic carbocycles. The SMILES string of the molecule is c1ccc2c(c1)Oc1cc(-c3ccc(-c4cccc5c4sc4ccccc45)c4ccccc34)ccc1C21c2ccccc2-c2ccccc21. The van der Waals surface area contributed by atoms with Gasteiger partial charge in [0.15, 0.2) is 0 Å². The van der Waals surface area contributed by atoms with Crippen molar-refractivity contribution in [3.8, 4) is 44.9 Å². The molecule has 0 saturated heterocycles. The summed E-state index contributed by atoms with van der Waals surface area (Å²) in [6.45, 7) is 0. The van der Waals surface area contributed by atoms with Crippen molar-refractivity contribution >= 4 is 42.3 Å². The molecule has 0 atom stereocenters. The van der Waals surface area contributed by atoms with Crippen molar-refractivity contribution in [2.24, 2.45) is 0 Å². The molecular weight excluding hydrogens is 613 g/mol. The Kier molecular flexibility index (Phi) is 5.53. The molecular formula is C47H28OS. The number of hydrogen-bond acceptors (Lipinski definition) is 2. The van der Waals surface area contributed by atoms with Gasteiger partial charge in [-0.25, -0.2) is 0 Å². The predicted molar refractivity (Wildman–Crippen MR) is 205 cm³/mol. The third-order valence-electron chi connectivity index (χ3n) is 10.8. The molecule has 8 aromatic carbocycles. The molecule has 2 heteroatoms. The zero-order chi connectivity index (χ0) is 32.1. The molecule has 0 unspecified atom stereocenters. The number of para-hydroxylation sites is 1. The Morgan fingerprint density at radius 1 is 0.367 bits per heavy atom. The van der Waals surface area contributed by atoms with Crippen LogP contribution < -0.4 is 4.74 Å². The molecule has 9 aromatic rings. The van der Waals surface area contributed by atoms with Crippen molar-refractivity contribution in [2.45, 2.75) is 5.41 Å². The van der Waals surface area contributed by atoms with Gasteiger partial charge in [0.2, 0.25) is 0 Å². The predicted octanol–water partition coefficient (Wildman–Crippen LogP) is 13.0. The molecule has 228 valence electrons. The minimum atomic E-state index is -0.454. The van der Waals surface area contributed by atoms with Gasteiger partial charge in [-0.2, -0.15) is 0 Å². The highest BCUT2D eigenvalue weighted by Crippen LogP contribution is 2.62. The molecule has 0 fully saturated rings. The second-order valence-corrected chi connectivity index (χ2v) is 14.2. The second kappa shape index (κ2) is 10.0. The van der Waals surface area contributed by atoms with Crippen LogP contribution in [0.1, 0.15) is 22.3 Å². The third-order valence-corrected chi connectivity index (χ3v) is 12.0. The van der Waals surface area contributed by atoms with E-state index in [0.717, 1.165) is 17.1 Å². The van der Waals surface area contributed by atoms with Crippen molar-refractivity contribution in [3.05, 3.63) is 192 Å². The van der Waals surface area contributed by atoms with Crippen LogP contribution in [0.15, 0.2) is 170 Å². The summed E-state index contributed by atoms with van der Waals surface area (Å²) in [5, 5.41) is 5.14. The molecule has 11 rings (SSSR count). The Labute approximate surface area is 288 Å². The van der Waals surface area contributed by atoms with Crippen molar-refractivity contribution < 1.29 is 4.74 Å². The third kappa shape index (κ3) is 3.59. The molecule has 1 aromatic heterocycles. The summed E-state index contributed by atoms with van der Waals surface area (Å²) in [4.78, 5) is 0. The summed E-state index contributed by atoms with van der Waals surface area (Å²) < 4.78 is 9.50. The number of hydrogen-bond donors (Lipinski definition) is 0. The Morgan fingerprint density at radius 2 is 0.939 bits per heavy atom. The maximum absolute atomic E-state index is 6.84. The summed E-state index contributed by atoms with van der Waals surface area (Å²) >= 11 is 1.89. The molecule has 0 saturated carbocycles. The molecule has 49 heavy (non-hydrogen) atoms. The number of benzene rings is 8. The topological polar surface area (TPSA) is 9.23 Å². The van der Waals surface area contributed by atoms with Gasteiger partial charge in [0, 0.05) is 36.9 Å². The van der Waals surface area contributed by atoms with Gasteiger partial charge < -0.3 is 4.74 Å². The summed E-state index contributed by atoms with van der Waals surface area (Å²) in [5.74, 6) is 1.82. The van der Waals surface area contributed by atoms with E-state index in [9.17, 15) is 0 Å². The zero-order valence-corrected chi connectivity index (χ0v) is 27.3. The van der Waals surface area contributed by atoms with E-state index < -0.39 is 5.41 Å². The minimum Gasteiger partial charge on any atom is -0.457 e. The number of fused-ring (bicyclic) bond motifs is 13. The van der Waals surface area contributed by atoms with Gasteiger partial charge in [0.1, 0.15) is 11.5 Å². The average Bonchev–Trinajstić information content (AvgIpc) is 3.69. The molecule has 0 bridgehead atoms. The number of ether oxygens (including phenoxy) is 1. The van der Waals surface area contributed by atoms with Gasteiger partial charge in [-0.3, -0.25) is 0 Å². The van der Waals surface area contributed by atoms with E-state index in [4.69, 9.17) is 4.74 Å². The van der Waals surface area contributed by atoms with Crippen LogP contribution in [0, 0.1) is 0 Å². The van der Waals surface area contributed by atoms with Crippen LogP contribution in [0.4, 0.5) is 0 Å². The smallest absolute Gasteiger partial charge is 0.132 e. The Morgan fingerprint density at radius 3 is 1.73 bits per heavy atom. The van der Waals surface area contributed by atoms with Gasteiger partial charge in [0.25, 0.3) is 0 Å². The highest BCUT2D eigenvalue weighted by Gasteiger charge is 2.50. The monoisotopic (exact) mass is 640 g/mol. The summed E-state index contributed by atoms with van der Waals surface area (Å²) in [6.07, 6.45) is 0. The van der Waals surface area contributed by atoms with E-state index in [1.165, 1.54) is 81.0 Å². The normalized spacial score (nSPS) is 13.6. The Hall–Kier alpha value is -5.96. The van der Waals surface area contributed by atoms with Crippen LogP contribution in [-0.4, -0.2) is 0 Å². The lowest BCUT2D eigenvalue weighted by Gasteiger charge is -2.39. The van der Waals surface area contributed by atoms with Crippen molar-refractivity contribution in [1.82, 2.24) is 0 Å². The standard InChI is InChI=1S/C47H28OS/c1-2-13-32-31(12-1)30(25-26-33(32)37-17-11-18-38-36-16-5-10-23-45(36)49-46(37)38)29-24-27-42-44(28-29)48-43-22-9-8-21-41(43)47(42)39-19-6-3-14-34(39)35-15-4-7-20-40(35)47/h1-28H. The van der Waals surface area contributed by atoms with E-state index >= 15 is 0 Å². The van der Waals surface area contributed by atoms with Crippen molar-refractivity contribution in [3.63, 3.8) is 0 Å². The maximum Gasteiger partial charge on any atom is 0.132 e. The minimum absolute atomic E-state index is 0.454. The van der Waals surface area contributed by atoms with Crippen molar-refractivity contribution in [2.75, 3.05) is 0 Å². The summed E-state index contributed by atoms with van der Waals surface area (Å²) in [5.41, 5.74) is 12.0. The van der Waals surface area contributed by atoms with Crippen molar-refractivity contribution in [1.29, 1.82) is 0 Å². The average molecular weight is 641 g/mol. The Bertz CT molecular complexity index is 2770. The summed E-state index contributed by atoms with van der Waals surface area (Å²) in [7, 11) is 0. The van der Waals surface area contributed by atoms with E-state index in [1.54, 1.807) is 0 Å². The fourth-order valence-electron chi connectivity index (χ4n) is 8.77. The zero-order valence-electron chi connectivity index (χ0n) is 26.5. The fraction of sp³-hybridized carbons (Fsp3) is 0.0213. The van der Waals surface area contributed by atoms with Crippen LogP contribution in [0.2, 0.25) is 0 Å². The largest absolute Gasteiger partial charge is 0.457 e. The first-order valence-electron chi connectivity index (χ1n) is 16.8. The van der Waals surface area contributed by atoms with Gasteiger partial charge >= 0.3 is 0 Å². The van der Waals surface area contributed by atoms with Gasteiger partial charge in [-0.05, 0) is 67.9 Å². The molecule has 1 spiro atoms. The number of rotatable bonds is 2. The van der Waals surface area contributed by atoms with Crippen LogP contribution in [-0.2, 0) is 5.41 Å². The van der Waals surface area contributed by atoms with Crippen LogP contribution >= 0.6 is 11.3 Å². The lowest BCUT2D eigenvalue weighted by molar-refractivity contribution is 0.436. The van der Waals surface area contributed by atoms with E-state index in [0.29, 0.717) is 0 Å². The lowest BCUT2D eigenvalue weighted by atomic mass is 9.66. The summed E-state index contributed by atoms with van der Waals surface area (Å²) in [6, 6.07) is 62.2. The highest BCUT2D eigenvalue weighted by molar-refractivity contribution is 7.26. The quantitative estimate of drug-likeness (QED) is 0.183. The second-order valence-electron chi connectivity index (χ2n) is 13.1. The fourth-order valence-corrected chi connectivity index (χ4v) is 10.0. The van der Waals surface area contributed by atoms with Crippen LogP contribution in [0.25, 0.3) is 64.3 Å². The van der Waals surface area contributed by atoms with E-state index in [2.05, 4.69) is 170 Å². The maximum atomic E-state index is 6.84. The molecule has 0 N–H and O–H groups in total. The Balaban J connectivity index is 1.13. The van der Waals surface area contributed by atoms with Crippen LogP contribution in [0.3, 0.4) is 0 Å². The molecule has 0 amide bonds. The first-order chi connectivity index (χ1) is 24.3. The molecule has 2 heterocycles. The van der Waals surface area contributed by atoms with E-state index in [1.807, 2.05) is 11.3 Å². The molecule has 1 nitrogen and oxygen atoms in total. The first-order valence-corrected chi connectivity index (χ1v) is 17.7.